The Labute approximate surface area is 379 Å². The van der Waals surface area contributed by atoms with Gasteiger partial charge in [-0.1, -0.05) is 170 Å². The highest BCUT2D eigenvalue weighted by molar-refractivity contribution is 5.87. The molecule has 1 fully saturated rings. The summed E-state index contributed by atoms with van der Waals surface area (Å²) in [6, 6.07) is 56.0. The van der Waals surface area contributed by atoms with Gasteiger partial charge in [0.2, 0.25) is 0 Å². The van der Waals surface area contributed by atoms with Gasteiger partial charge in [0.25, 0.3) is 0 Å². The molecular weight excluding hydrogens is 821 g/mol. The summed E-state index contributed by atoms with van der Waals surface area (Å²) < 4.78 is 45.6. The van der Waals surface area contributed by atoms with Gasteiger partial charge in [-0.05, 0) is 39.4 Å². The van der Waals surface area contributed by atoms with Crippen LogP contribution in [0.4, 0.5) is 4.79 Å². The lowest BCUT2D eigenvalue weighted by molar-refractivity contribution is -0.275. The summed E-state index contributed by atoms with van der Waals surface area (Å²) in [5.74, 6) is -0.634. The van der Waals surface area contributed by atoms with E-state index in [1.165, 1.54) is 7.11 Å². The topological polar surface area (TPSA) is 127 Å². The van der Waals surface area contributed by atoms with Crippen LogP contribution in [0.3, 0.4) is 0 Å². The van der Waals surface area contributed by atoms with Crippen molar-refractivity contribution in [3.8, 4) is 0 Å². The molecule has 0 unspecified atom stereocenters. The molecule has 0 saturated carbocycles. The summed E-state index contributed by atoms with van der Waals surface area (Å²) in [6.45, 7) is 1.34. The van der Waals surface area contributed by atoms with Crippen LogP contribution < -0.4 is 5.32 Å². The maximum absolute atomic E-state index is 13.6. The van der Waals surface area contributed by atoms with Gasteiger partial charge in [-0.15, -0.1) is 0 Å². The average molecular weight is 875 g/mol. The van der Waals surface area contributed by atoms with E-state index in [9.17, 15) is 9.59 Å². The van der Waals surface area contributed by atoms with E-state index in [0.29, 0.717) is 12.3 Å². The van der Waals surface area contributed by atoms with Crippen molar-refractivity contribution in [3.05, 3.63) is 215 Å². The Kier molecular flexibility index (Phi) is 15.8. The molecule has 11 nitrogen and oxygen atoms in total. The number of para-hydroxylation sites is 1. The fraction of sp³-hybridized carbons (Fsp3) is 0.259. The molecule has 8 rings (SSSR count). The number of alkyl carbamates (subject to hydrolysis) is 1. The van der Waals surface area contributed by atoms with Crippen LogP contribution >= 0.6 is 0 Å². The third-order valence-corrected chi connectivity index (χ3v) is 11.4. The number of benzene rings is 6. The number of hydrogen-bond acceptors (Lipinski definition) is 9. The van der Waals surface area contributed by atoms with Crippen molar-refractivity contribution in [1.82, 2.24) is 10.3 Å². The zero-order valence-corrected chi connectivity index (χ0v) is 36.3. The maximum Gasteiger partial charge on any atom is 0.408 e. The Balaban J connectivity index is 1.19. The van der Waals surface area contributed by atoms with Crippen molar-refractivity contribution in [2.45, 2.75) is 76.0 Å². The average Bonchev–Trinajstić information content (AvgIpc) is 3.72. The number of methoxy groups -OCH3 is 1. The second kappa shape index (κ2) is 22.8. The number of fused-ring (bicyclic) bond motifs is 1. The minimum atomic E-state index is -1.12. The van der Waals surface area contributed by atoms with Gasteiger partial charge in [-0.3, -0.25) is 0 Å². The first-order chi connectivity index (χ1) is 32.0. The van der Waals surface area contributed by atoms with Crippen LogP contribution in [0.2, 0.25) is 0 Å². The Bertz CT molecular complexity index is 2520. The number of H-pyrrole nitrogens is 1. The molecule has 11 heteroatoms. The third kappa shape index (κ3) is 12.2. The van der Waals surface area contributed by atoms with Gasteiger partial charge in [0.05, 0.1) is 45.8 Å². The summed E-state index contributed by atoms with van der Waals surface area (Å²) in [4.78, 5) is 30.6. The minimum absolute atomic E-state index is 0.0286. The van der Waals surface area contributed by atoms with E-state index >= 15 is 0 Å². The van der Waals surface area contributed by atoms with E-state index < -0.39 is 48.6 Å². The first kappa shape index (κ1) is 45.0. The quantitative estimate of drug-likeness (QED) is 0.0721. The minimum Gasteiger partial charge on any atom is -0.467 e. The molecule has 0 aliphatic carbocycles. The molecule has 0 spiro atoms. The number of nitrogens with one attached hydrogen (secondary N) is 2. The van der Waals surface area contributed by atoms with E-state index in [4.69, 9.17) is 33.2 Å². The number of aromatic nitrogens is 1. The van der Waals surface area contributed by atoms with Crippen molar-refractivity contribution < 1.29 is 42.7 Å². The van der Waals surface area contributed by atoms with Gasteiger partial charge in [0, 0.05) is 17.3 Å². The summed E-state index contributed by atoms with van der Waals surface area (Å²) in [7, 11) is 1.30. The predicted molar refractivity (Wildman–Crippen MR) is 246 cm³/mol. The second-order valence-electron chi connectivity index (χ2n) is 15.9. The van der Waals surface area contributed by atoms with Crippen LogP contribution in [0, 0.1) is 0 Å². The highest BCUT2D eigenvalue weighted by Gasteiger charge is 2.50. The molecule has 2 N–H and O–H groups in total. The lowest BCUT2D eigenvalue weighted by atomic mass is 9.89. The first-order valence-electron chi connectivity index (χ1n) is 21.9. The number of amides is 1. The van der Waals surface area contributed by atoms with Gasteiger partial charge < -0.3 is 43.5 Å². The normalized spacial score (nSPS) is 18.8. The molecule has 0 bridgehead atoms. The van der Waals surface area contributed by atoms with E-state index in [2.05, 4.69) is 10.3 Å². The highest BCUT2D eigenvalue weighted by Crippen LogP contribution is 2.41. The second-order valence-corrected chi connectivity index (χ2v) is 15.9. The third-order valence-electron chi connectivity index (χ3n) is 11.4. The molecule has 1 aromatic heterocycles. The number of carbonyl (C=O) groups is 2. The number of aromatic amines is 1. The molecule has 1 saturated heterocycles. The fourth-order valence-corrected chi connectivity index (χ4v) is 8.15. The summed E-state index contributed by atoms with van der Waals surface area (Å²) in [5, 5.41) is 3.62. The highest BCUT2D eigenvalue weighted by atomic mass is 16.6. The van der Waals surface area contributed by atoms with E-state index in [1.54, 1.807) is 0 Å². The van der Waals surface area contributed by atoms with Crippen molar-refractivity contribution in [2.24, 2.45) is 0 Å². The van der Waals surface area contributed by atoms with E-state index in [0.717, 1.165) is 44.3 Å². The zero-order chi connectivity index (χ0) is 44.6. The summed E-state index contributed by atoms with van der Waals surface area (Å²) in [5.41, 5.74) is 6.95. The Hall–Kier alpha value is -6.60. The van der Waals surface area contributed by atoms with Gasteiger partial charge in [-0.25, -0.2) is 9.59 Å². The smallest absolute Gasteiger partial charge is 0.408 e. The van der Waals surface area contributed by atoms with Crippen LogP contribution in [0.5, 0.6) is 0 Å². The summed E-state index contributed by atoms with van der Waals surface area (Å²) >= 11 is 0. The Morgan fingerprint density at radius 1 is 0.569 bits per heavy atom. The van der Waals surface area contributed by atoms with Crippen LogP contribution in [0.1, 0.15) is 45.2 Å². The summed E-state index contributed by atoms with van der Waals surface area (Å²) in [6.07, 6.45) is -4.32. The SMILES string of the molecule is COC(=O)[C@H](Cc1c([C@@H]2O[C@H](COCc3ccccc3)[C@H](OCc3ccccc3)[C@H](OCc3ccccc3)[C@H]2OCc2ccccc2)[nH]c2ccccc12)NC(=O)OCc1ccccc1. The van der Waals surface area contributed by atoms with Crippen molar-refractivity contribution in [1.29, 1.82) is 0 Å². The fourth-order valence-electron chi connectivity index (χ4n) is 8.15. The Morgan fingerprint density at radius 2 is 1.03 bits per heavy atom. The van der Waals surface area contributed by atoms with E-state index in [1.807, 2.05) is 176 Å². The number of carbonyl (C=O) groups excluding carboxylic acids is 2. The van der Waals surface area contributed by atoms with Crippen LogP contribution in [0.15, 0.2) is 176 Å². The lowest BCUT2D eigenvalue weighted by Gasteiger charge is -2.46. The van der Waals surface area contributed by atoms with Crippen LogP contribution in [0.25, 0.3) is 10.9 Å². The number of esters is 1. The first-order valence-corrected chi connectivity index (χ1v) is 21.9. The number of hydrogen-bond donors (Lipinski definition) is 2. The number of ether oxygens (including phenoxy) is 7. The van der Waals surface area contributed by atoms with E-state index in [-0.39, 0.29) is 39.5 Å². The van der Waals surface area contributed by atoms with Crippen LogP contribution in [-0.2, 0) is 77.4 Å². The van der Waals surface area contributed by atoms with Gasteiger partial charge in [0.1, 0.15) is 43.2 Å². The monoisotopic (exact) mass is 874 g/mol. The molecule has 65 heavy (non-hydrogen) atoms. The maximum atomic E-state index is 13.6. The zero-order valence-electron chi connectivity index (χ0n) is 36.3. The number of rotatable bonds is 20. The molecule has 6 atom stereocenters. The predicted octanol–water partition coefficient (Wildman–Crippen LogP) is 9.59. The van der Waals surface area contributed by atoms with Gasteiger partial charge >= 0.3 is 12.1 Å². The van der Waals surface area contributed by atoms with Crippen LogP contribution in [-0.4, -0.2) is 61.2 Å². The van der Waals surface area contributed by atoms with Gasteiger partial charge in [-0.2, -0.15) is 0 Å². The molecule has 2 heterocycles. The van der Waals surface area contributed by atoms with Crippen molar-refractivity contribution >= 4 is 23.0 Å². The largest absolute Gasteiger partial charge is 0.467 e. The molecular formula is C54H54N2O9. The van der Waals surface area contributed by atoms with Crippen molar-refractivity contribution in [3.63, 3.8) is 0 Å². The molecule has 1 aliphatic heterocycles. The molecule has 1 aliphatic rings. The molecule has 6 aromatic carbocycles. The van der Waals surface area contributed by atoms with Gasteiger partial charge in [0.15, 0.2) is 0 Å². The molecule has 7 aromatic rings. The molecule has 334 valence electrons. The lowest BCUT2D eigenvalue weighted by Crippen LogP contribution is -2.58. The van der Waals surface area contributed by atoms with Crippen molar-refractivity contribution in [2.75, 3.05) is 13.7 Å². The standard InChI is InChI=1S/C54H54N2O9/c1-59-53(57)46(56-54(58)64-36-42-27-15-6-16-28-42)31-44-43-29-17-18-30-45(43)55-48(44)50-52(63-35-41-25-13-5-14-26-41)51(62-34-40-23-11-4-12-24-40)49(61-33-39-21-9-3-10-22-39)47(65-50)37-60-32-38-19-7-2-8-20-38/h2-30,46-47,49-52,55H,31-37H2,1H3,(H,56,58)/t46-,47+,49-,50-,51-,52-/m0/s1. The molecule has 1 amide bonds. The molecule has 0 radical (unpaired) electrons. The Morgan fingerprint density at radius 3 is 1.57 bits per heavy atom.